The highest BCUT2D eigenvalue weighted by molar-refractivity contribution is 5.76. The van der Waals surface area contributed by atoms with Crippen molar-refractivity contribution >= 4 is 5.97 Å². The number of rotatable bonds is 8. The van der Waals surface area contributed by atoms with E-state index >= 15 is 0 Å². The van der Waals surface area contributed by atoms with Crippen LogP contribution in [0.2, 0.25) is 0 Å². The van der Waals surface area contributed by atoms with Crippen LogP contribution >= 0.6 is 0 Å². The zero-order valence-corrected chi connectivity index (χ0v) is 13.1. The lowest BCUT2D eigenvalue weighted by Gasteiger charge is -2.18. The van der Waals surface area contributed by atoms with Gasteiger partial charge in [0.2, 0.25) is 0 Å². The van der Waals surface area contributed by atoms with Gasteiger partial charge >= 0.3 is 5.97 Å². The molecule has 2 rings (SSSR count). The molecule has 0 amide bonds. The molecule has 1 saturated carbocycles. The Balaban J connectivity index is 1.88. The molecular formula is C17H25NO3. The van der Waals surface area contributed by atoms with Crippen molar-refractivity contribution in [1.29, 1.82) is 0 Å². The maximum Gasteiger partial charge on any atom is 0.326 e. The Bertz CT molecular complexity index is 452. The van der Waals surface area contributed by atoms with Gasteiger partial charge in [0.1, 0.15) is 18.4 Å². The van der Waals surface area contributed by atoms with E-state index in [1.165, 1.54) is 5.56 Å². The average Bonchev–Trinajstić information content (AvgIpc) is 3.28. The largest absolute Gasteiger partial charge is 0.491 e. The third-order valence-electron chi connectivity index (χ3n) is 3.55. The Kier molecular flexibility index (Phi) is 5.62. The van der Waals surface area contributed by atoms with Crippen LogP contribution in [0, 0.1) is 0 Å². The van der Waals surface area contributed by atoms with E-state index in [2.05, 4.69) is 31.3 Å². The molecule has 1 aromatic carbocycles. The summed E-state index contributed by atoms with van der Waals surface area (Å²) in [4.78, 5) is 11.9. The predicted octanol–water partition coefficient (Wildman–Crippen LogP) is 2.87. The first kappa shape index (κ1) is 15.8. The van der Waals surface area contributed by atoms with Crippen LogP contribution < -0.4 is 10.1 Å². The fourth-order valence-electron chi connectivity index (χ4n) is 2.09. The number of esters is 1. The normalized spacial score (nSPS) is 15.8. The minimum Gasteiger partial charge on any atom is -0.491 e. The van der Waals surface area contributed by atoms with Gasteiger partial charge in [0.25, 0.3) is 0 Å². The summed E-state index contributed by atoms with van der Waals surface area (Å²) in [6, 6.07) is 8.08. The van der Waals surface area contributed by atoms with E-state index in [0.29, 0.717) is 25.2 Å². The molecule has 4 nitrogen and oxygen atoms in total. The van der Waals surface area contributed by atoms with Crippen LogP contribution in [-0.4, -0.2) is 31.3 Å². The van der Waals surface area contributed by atoms with Crippen molar-refractivity contribution in [2.45, 2.75) is 51.6 Å². The standard InChI is InChI=1S/C17H25NO3/c1-4-20-17(19)16(18-14-7-8-14)11-21-15-9-5-13(6-10-15)12(2)3/h5-6,9-10,12,14,16,18H,4,7-8,11H2,1-3H3. The molecule has 0 aromatic heterocycles. The van der Waals surface area contributed by atoms with Crippen molar-refractivity contribution in [3.8, 4) is 5.75 Å². The Labute approximate surface area is 126 Å². The van der Waals surface area contributed by atoms with Crippen LogP contribution in [0.3, 0.4) is 0 Å². The van der Waals surface area contributed by atoms with Gasteiger partial charge in [-0.25, -0.2) is 0 Å². The fraction of sp³-hybridized carbons (Fsp3) is 0.588. The summed E-state index contributed by atoms with van der Waals surface area (Å²) >= 11 is 0. The third kappa shape index (κ3) is 5.05. The van der Waals surface area contributed by atoms with Gasteiger partial charge in [0.15, 0.2) is 0 Å². The summed E-state index contributed by atoms with van der Waals surface area (Å²) in [5.41, 5.74) is 1.28. The van der Waals surface area contributed by atoms with E-state index in [1.54, 1.807) is 0 Å². The molecule has 4 heteroatoms. The molecule has 0 heterocycles. The molecule has 1 N–H and O–H groups in total. The van der Waals surface area contributed by atoms with Crippen LogP contribution in [0.1, 0.15) is 45.1 Å². The second-order valence-corrected chi connectivity index (χ2v) is 5.78. The van der Waals surface area contributed by atoms with E-state index in [-0.39, 0.29) is 12.0 Å². The number of benzene rings is 1. The molecule has 0 aliphatic heterocycles. The van der Waals surface area contributed by atoms with Gasteiger partial charge in [-0.05, 0) is 43.4 Å². The topological polar surface area (TPSA) is 47.6 Å². The summed E-state index contributed by atoms with van der Waals surface area (Å²) < 4.78 is 10.8. The number of ether oxygens (including phenoxy) is 2. The van der Waals surface area contributed by atoms with Gasteiger partial charge in [0.05, 0.1) is 6.61 Å². The van der Waals surface area contributed by atoms with Crippen molar-refractivity contribution in [1.82, 2.24) is 5.32 Å². The number of carbonyl (C=O) groups excluding carboxylic acids is 1. The summed E-state index contributed by atoms with van der Waals surface area (Å²) in [5, 5.41) is 3.28. The summed E-state index contributed by atoms with van der Waals surface area (Å²) in [6.45, 7) is 6.83. The van der Waals surface area contributed by atoms with Crippen LogP contribution in [0.25, 0.3) is 0 Å². The number of hydrogen-bond donors (Lipinski definition) is 1. The lowest BCUT2D eigenvalue weighted by molar-refractivity contribution is -0.146. The monoisotopic (exact) mass is 291 g/mol. The minimum absolute atomic E-state index is 0.233. The zero-order valence-electron chi connectivity index (χ0n) is 13.1. The zero-order chi connectivity index (χ0) is 15.2. The lowest BCUT2D eigenvalue weighted by Crippen LogP contribution is -2.43. The Morgan fingerprint density at radius 2 is 1.95 bits per heavy atom. The van der Waals surface area contributed by atoms with Crippen molar-refractivity contribution in [2.24, 2.45) is 0 Å². The molecule has 1 unspecified atom stereocenters. The Hall–Kier alpha value is -1.55. The maximum absolute atomic E-state index is 11.9. The van der Waals surface area contributed by atoms with Gasteiger partial charge in [0, 0.05) is 6.04 Å². The number of hydrogen-bond acceptors (Lipinski definition) is 4. The first-order valence-electron chi connectivity index (χ1n) is 7.75. The molecule has 0 saturated heterocycles. The Morgan fingerprint density at radius 3 is 2.48 bits per heavy atom. The number of carbonyl (C=O) groups is 1. The van der Waals surface area contributed by atoms with Gasteiger partial charge in [-0.15, -0.1) is 0 Å². The van der Waals surface area contributed by atoms with E-state index in [0.717, 1.165) is 18.6 Å². The molecule has 1 fully saturated rings. The van der Waals surface area contributed by atoms with Crippen LogP contribution in [0.4, 0.5) is 0 Å². The van der Waals surface area contributed by atoms with Crippen molar-refractivity contribution in [3.05, 3.63) is 29.8 Å². The van der Waals surface area contributed by atoms with E-state index in [4.69, 9.17) is 9.47 Å². The molecule has 1 aromatic rings. The van der Waals surface area contributed by atoms with Gasteiger partial charge in [-0.1, -0.05) is 26.0 Å². The van der Waals surface area contributed by atoms with Gasteiger partial charge in [-0.3, -0.25) is 10.1 Å². The third-order valence-corrected chi connectivity index (χ3v) is 3.55. The lowest BCUT2D eigenvalue weighted by atomic mass is 10.0. The first-order valence-corrected chi connectivity index (χ1v) is 7.75. The molecule has 1 aliphatic rings. The molecule has 1 aliphatic carbocycles. The van der Waals surface area contributed by atoms with Crippen LogP contribution in [0.15, 0.2) is 24.3 Å². The van der Waals surface area contributed by atoms with E-state index in [9.17, 15) is 4.79 Å². The Morgan fingerprint density at radius 1 is 1.29 bits per heavy atom. The van der Waals surface area contributed by atoms with Crippen molar-refractivity contribution in [3.63, 3.8) is 0 Å². The molecule has 21 heavy (non-hydrogen) atoms. The van der Waals surface area contributed by atoms with Crippen molar-refractivity contribution < 1.29 is 14.3 Å². The highest BCUT2D eigenvalue weighted by Gasteiger charge is 2.29. The summed E-state index contributed by atoms with van der Waals surface area (Å²) in [7, 11) is 0. The molecule has 0 radical (unpaired) electrons. The second-order valence-electron chi connectivity index (χ2n) is 5.78. The SMILES string of the molecule is CCOC(=O)C(COc1ccc(C(C)C)cc1)NC1CC1. The quantitative estimate of drug-likeness (QED) is 0.748. The molecule has 0 spiro atoms. The first-order chi connectivity index (χ1) is 10.1. The summed E-state index contributed by atoms with van der Waals surface area (Å²) in [5.74, 6) is 1.05. The average molecular weight is 291 g/mol. The maximum atomic E-state index is 11.9. The molecule has 1 atom stereocenters. The van der Waals surface area contributed by atoms with E-state index in [1.807, 2.05) is 19.1 Å². The van der Waals surface area contributed by atoms with Crippen LogP contribution in [-0.2, 0) is 9.53 Å². The molecule has 116 valence electrons. The smallest absolute Gasteiger partial charge is 0.326 e. The summed E-state index contributed by atoms with van der Waals surface area (Å²) in [6.07, 6.45) is 2.25. The minimum atomic E-state index is -0.387. The molecule has 0 bridgehead atoms. The second kappa shape index (κ2) is 7.46. The van der Waals surface area contributed by atoms with Gasteiger partial charge < -0.3 is 9.47 Å². The van der Waals surface area contributed by atoms with E-state index < -0.39 is 0 Å². The fourth-order valence-corrected chi connectivity index (χ4v) is 2.09. The van der Waals surface area contributed by atoms with Crippen molar-refractivity contribution in [2.75, 3.05) is 13.2 Å². The van der Waals surface area contributed by atoms with Crippen LogP contribution in [0.5, 0.6) is 5.75 Å². The highest BCUT2D eigenvalue weighted by Crippen LogP contribution is 2.21. The molecular weight excluding hydrogens is 266 g/mol. The predicted molar refractivity (Wildman–Crippen MR) is 82.6 cm³/mol. The highest BCUT2D eigenvalue weighted by atomic mass is 16.5. The van der Waals surface area contributed by atoms with Gasteiger partial charge in [-0.2, -0.15) is 0 Å². The number of nitrogens with one attached hydrogen (secondary N) is 1.